The molecule has 41 heavy (non-hydrogen) atoms. The number of benzene rings is 6. The second-order valence-electron chi connectivity index (χ2n) is 11.6. The minimum absolute atomic E-state index is 0.191. The summed E-state index contributed by atoms with van der Waals surface area (Å²) in [5.41, 5.74) is 10.8. The fraction of sp³-hybridized carbons (Fsp3) is 0.0789. The van der Waals surface area contributed by atoms with E-state index >= 15 is 0 Å². The Morgan fingerprint density at radius 3 is 2.02 bits per heavy atom. The average Bonchev–Trinajstić information content (AvgIpc) is 3.64. The Morgan fingerprint density at radius 2 is 1.20 bits per heavy atom. The van der Waals surface area contributed by atoms with E-state index < -0.39 is 0 Å². The first-order valence-electron chi connectivity index (χ1n) is 14.3. The van der Waals surface area contributed by atoms with Gasteiger partial charge in [0.15, 0.2) is 0 Å². The predicted molar refractivity (Wildman–Crippen MR) is 170 cm³/mol. The number of hydrogen-bond acceptors (Lipinski definition) is 1. The van der Waals surface area contributed by atoms with Gasteiger partial charge in [0.05, 0.1) is 22.1 Å². The van der Waals surface area contributed by atoms with Crippen LogP contribution in [0.2, 0.25) is 0 Å². The minimum atomic E-state index is -0.191. The van der Waals surface area contributed by atoms with Gasteiger partial charge in [-0.2, -0.15) is 0 Å². The summed E-state index contributed by atoms with van der Waals surface area (Å²) in [5, 5.41) is 5.14. The van der Waals surface area contributed by atoms with Gasteiger partial charge in [-0.15, -0.1) is 0 Å². The zero-order valence-electron chi connectivity index (χ0n) is 23.0. The van der Waals surface area contributed by atoms with Crippen molar-refractivity contribution in [2.45, 2.75) is 19.3 Å². The largest absolute Gasteiger partial charge is 0.279 e. The summed E-state index contributed by atoms with van der Waals surface area (Å²) < 4.78 is 4.76. The molecule has 6 aromatic carbocycles. The van der Waals surface area contributed by atoms with E-state index in [0.29, 0.717) is 0 Å². The number of hydrogen-bond donors (Lipinski definition) is 0. The van der Waals surface area contributed by atoms with Crippen LogP contribution in [0.25, 0.3) is 66.4 Å². The minimum Gasteiger partial charge on any atom is -0.279 e. The molecule has 9 rings (SSSR count). The number of aromatic nitrogens is 3. The molecule has 194 valence electrons. The molecule has 0 N–H and O–H groups in total. The van der Waals surface area contributed by atoms with Crippen molar-refractivity contribution in [1.82, 2.24) is 14.1 Å². The Kier molecular flexibility index (Phi) is 4.39. The molecule has 0 atom stereocenters. The van der Waals surface area contributed by atoms with Gasteiger partial charge >= 0.3 is 0 Å². The molecule has 0 unspecified atom stereocenters. The van der Waals surface area contributed by atoms with Crippen LogP contribution in [0, 0.1) is 0 Å². The topological polar surface area (TPSA) is 22.8 Å². The maximum absolute atomic E-state index is 5.36. The highest BCUT2D eigenvalue weighted by molar-refractivity contribution is 6.26. The predicted octanol–water partition coefficient (Wildman–Crippen LogP) is 9.58. The van der Waals surface area contributed by atoms with E-state index in [9.17, 15) is 0 Å². The lowest BCUT2D eigenvalue weighted by Gasteiger charge is -2.24. The lowest BCUT2D eigenvalue weighted by atomic mass is 9.80. The van der Waals surface area contributed by atoms with Gasteiger partial charge in [0.2, 0.25) is 5.95 Å². The summed E-state index contributed by atoms with van der Waals surface area (Å²) >= 11 is 0. The Balaban J connectivity index is 1.57. The maximum Gasteiger partial charge on any atom is 0.220 e. The Labute approximate surface area is 237 Å². The van der Waals surface area contributed by atoms with E-state index in [0.717, 1.165) is 22.7 Å². The monoisotopic (exact) mass is 525 g/mol. The zero-order chi connectivity index (χ0) is 27.3. The molecule has 0 radical (unpaired) electrons. The molecule has 0 amide bonds. The van der Waals surface area contributed by atoms with E-state index in [-0.39, 0.29) is 5.41 Å². The number of rotatable bonds is 2. The van der Waals surface area contributed by atoms with Gasteiger partial charge in [-0.05, 0) is 63.4 Å². The van der Waals surface area contributed by atoms with Crippen molar-refractivity contribution in [2.75, 3.05) is 0 Å². The van der Waals surface area contributed by atoms with Gasteiger partial charge in [-0.1, -0.05) is 111 Å². The average molecular weight is 526 g/mol. The second kappa shape index (κ2) is 7.96. The van der Waals surface area contributed by atoms with Crippen molar-refractivity contribution in [3.05, 3.63) is 139 Å². The lowest BCUT2D eigenvalue weighted by molar-refractivity contribution is 0.663. The third kappa shape index (κ3) is 2.85. The first kappa shape index (κ1) is 22.6. The van der Waals surface area contributed by atoms with E-state index in [1.165, 1.54) is 54.8 Å². The normalized spacial score (nSPS) is 13.8. The van der Waals surface area contributed by atoms with Gasteiger partial charge < -0.3 is 0 Å². The van der Waals surface area contributed by atoms with Crippen LogP contribution in [0.4, 0.5) is 0 Å². The van der Waals surface area contributed by atoms with Crippen molar-refractivity contribution >= 4 is 43.6 Å². The molecule has 0 saturated heterocycles. The molecule has 3 heteroatoms. The summed E-state index contributed by atoms with van der Waals surface area (Å²) in [6.07, 6.45) is 0. The third-order valence-corrected chi connectivity index (χ3v) is 9.08. The van der Waals surface area contributed by atoms with Crippen LogP contribution in [0.5, 0.6) is 0 Å². The summed E-state index contributed by atoms with van der Waals surface area (Å²) in [7, 11) is 0. The Morgan fingerprint density at radius 1 is 0.561 bits per heavy atom. The fourth-order valence-electron chi connectivity index (χ4n) is 7.39. The summed E-state index contributed by atoms with van der Waals surface area (Å²) in [6.45, 7) is 4.77. The summed E-state index contributed by atoms with van der Waals surface area (Å²) in [6, 6.07) is 45.8. The van der Waals surface area contributed by atoms with Gasteiger partial charge in [0.1, 0.15) is 0 Å². The molecule has 3 nitrogen and oxygen atoms in total. The molecule has 0 spiro atoms. The Hall–Kier alpha value is -5.15. The number of nitrogens with zero attached hydrogens (tertiary/aromatic N) is 3. The summed E-state index contributed by atoms with van der Waals surface area (Å²) in [4.78, 5) is 5.36. The standard InChI is InChI=1S/C38H27N3/c1-38(2)29-20-10-8-18-27(29)33-25-16-6-7-17-26(25)34-28-19-9-12-22-31(28)41(36(34)35(33)38)37-39-30-21-11-13-23-32(30)40(37)24-14-4-3-5-15-24/h3-23H,1-2H3. The van der Waals surface area contributed by atoms with Crippen molar-refractivity contribution in [2.24, 2.45) is 0 Å². The highest BCUT2D eigenvalue weighted by Gasteiger charge is 2.40. The van der Waals surface area contributed by atoms with Crippen LogP contribution in [0.3, 0.4) is 0 Å². The highest BCUT2D eigenvalue weighted by Crippen LogP contribution is 2.56. The van der Waals surface area contributed by atoms with E-state index in [2.05, 4.69) is 150 Å². The van der Waals surface area contributed by atoms with Crippen molar-refractivity contribution in [3.8, 4) is 22.8 Å². The Bertz CT molecular complexity index is 2330. The van der Waals surface area contributed by atoms with E-state index in [1.807, 2.05) is 0 Å². The van der Waals surface area contributed by atoms with E-state index in [1.54, 1.807) is 0 Å². The molecule has 2 aromatic heterocycles. The zero-order valence-corrected chi connectivity index (χ0v) is 23.0. The van der Waals surface area contributed by atoms with Crippen molar-refractivity contribution < 1.29 is 0 Å². The first-order chi connectivity index (χ1) is 20.1. The molecular weight excluding hydrogens is 498 g/mol. The van der Waals surface area contributed by atoms with Gasteiger partial charge in [0.25, 0.3) is 0 Å². The van der Waals surface area contributed by atoms with E-state index in [4.69, 9.17) is 4.98 Å². The van der Waals surface area contributed by atoms with Crippen molar-refractivity contribution in [1.29, 1.82) is 0 Å². The highest BCUT2D eigenvalue weighted by atomic mass is 15.2. The number of para-hydroxylation sites is 4. The van der Waals surface area contributed by atoms with Gasteiger partial charge in [-0.25, -0.2) is 4.98 Å². The van der Waals surface area contributed by atoms with Gasteiger partial charge in [0, 0.05) is 21.9 Å². The summed E-state index contributed by atoms with van der Waals surface area (Å²) in [5.74, 6) is 0.910. The van der Waals surface area contributed by atoms with Gasteiger partial charge in [-0.3, -0.25) is 9.13 Å². The number of fused-ring (bicyclic) bond motifs is 11. The maximum atomic E-state index is 5.36. The molecule has 0 saturated carbocycles. The van der Waals surface area contributed by atoms with Crippen LogP contribution < -0.4 is 0 Å². The fourth-order valence-corrected chi connectivity index (χ4v) is 7.39. The first-order valence-corrected chi connectivity index (χ1v) is 14.3. The molecule has 2 heterocycles. The smallest absolute Gasteiger partial charge is 0.220 e. The van der Waals surface area contributed by atoms with Crippen LogP contribution in [0.15, 0.2) is 127 Å². The molecule has 8 aromatic rings. The third-order valence-electron chi connectivity index (χ3n) is 9.08. The SMILES string of the molecule is CC1(C)c2ccccc2-c2c1c1c(c3ccccc23)c2ccccc2n1-c1nc2ccccc2n1-c1ccccc1. The second-order valence-corrected chi connectivity index (χ2v) is 11.6. The van der Waals surface area contributed by atoms with Crippen LogP contribution in [0.1, 0.15) is 25.0 Å². The molecule has 0 aliphatic heterocycles. The molecule has 0 fully saturated rings. The quantitative estimate of drug-likeness (QED) is 0.220. The molecule has 1 aliphatic rings. The van der Waals surface area contributed by atoms with Crippen LogP contribution >= 0.6 is 0 Å². The molecule has 0 bridgehead atoms. The lowest BCUT2D eigenvalue weighted by Crippen LogP contribution is -2.17. The molecule has 1 aliphatic carbocycles. The number of imidazole rings is 1. The van der Waals surface area contributed by atoms with Crippen LogP contribution in [-0.2, 0) is 5.41 Å². The van der Waals surface area contributed by atoms with Crippen molar-refractivity contribution in [3.63, 3.8) is 0 Å². The van der Waals surface area contributed by atoms with Crippen LogP contribution in [-0.4, -0.2) is 14.1 Å². The molecular formula is C38H27N3.